The quantitative estimate of drug-likeness (QED) is 0.665. The number of methoxy groups -OCH3 is 2. The molecule has 27 heavy (non-hydrogen) atoms. The van der Waals surface area contributed by atoms with Gasteiger partial charge in [0.25, 0.3) is 10.0 Å². The predicted octanol–water partition coefficient (Wildman–Crippen LogP) is 3.53. The molecule has 0 aliphatic rings. The van der Waals surface area contributed by atoms with Crippen molar-refractivity contribution in [3.8, 4) is 11.5 Å². The van der Waals surface area contributed by atoms with Crippen molar-refractivity contribution in [1.29, 1.82) is 0 Å². The maximum absolute atomic E-state index is 12.8. The van der Waals surface area contributed by atoms with E-state index in [9.17, 15) is 8.42 Å². The van der Waals surface area contributed by atoms with Gasteiger partial charge in [-0.3, -0.25) is 4.72 Å². The Kier molecular flexibility index (Phi) is 7.29. The van der Waals surface area contributed by atoms with Crippen LogP contribution >= 0.6 is 0 Å². The summed E-state index contributed by atoms with van der Waals surface area (Å²) in [5.41, 5.74) is 0.973. The molecule has 1 heterocycles. The molecule has 1 aromatic carbocycles. The van der Waals surface area contributed by atoms with Crippen LogP contribution in [0.1, 0.15) is 26.7 Å². The van der Waals surface area contributed by atoms with Gasteiger partial charge in [0, 0.05) is 19.2 Å². The number of nitrogens with zero attached hydrogens (tertiary/aromatic N) is 2. The highest BCUT2D eigenvalue weighted by Crippen LogP contribution is 2.29. The second-order valence-electron chi connectivity index (χ2n) is 6.01. The molecule has 0 saturated heterocycles. The number of rotatable bonds is 10. The standard InChI is InChI=1S/C19H27N3O4S/c1-5-11-22(12-6-2)15-7-10-19(20-14-15)21-27(23,24)18-13-16(25-3)8-9-17(18)26-4/h7-10,13-14H,5-6,11-12H2,1-4H3,(H,20,21). The topological polar surface area (TPSA) is 80.8 Å². The Balaban J connectivity index is 2.25. The molecule has 7 nitrogen and oxygen atoms in total. The molecule has 0 saturated carbocycles. The third-order valence-electron chi connectivity index (χ3n) is 4.00. The number of sulfonamides is 1. The van der Waals surface area contributed by atoms with Crippen LogP contribution in [0.25, 0.3) is 0 Å². The highest BCUT2D eigenvalue weighted by molar-refractivity contribution is 7.92. The fraction of sp³-hybridized carbons (Fsp3) is 0.421. The van der Waals surface area contributed by atoms with E-state index in [0.29, 0.717) is 5.75 Å². The Labute approximate surface area is 161 Å². The molecule has 148 valence electrons. The van der Waals surface area contributed by atoms with Gasteiger partial charge in [0.2, 0.25) is 0 Å². The molecule has 0 aliphatic carbocycles. The molecule has 0 radical (unpaired) electrons. The largest absolute Gasteiger partial charge is 0.497 e. The first-order valence-electron chi connectivity index (χ1n) is 8.91. The average molecular weight is 394 g/mol. The monoisotopic (exact) mass is 393 g/mol. The Morgan fingerprint density at radius 3 is 2.26 bits per heavy atom. The van der Waals surface area contributed by atoms with E-state index in [1.807, 2.05) is 6.07 Å². The first-order valence-corrected chi connectivity index (χ1v) is 10.4. The van der Waals surface area contributed by atoms with Crippen molar-refractivity contribution in [1.82, 2.24) is 4.98 Å². The Bertz CT molecular complexity index is 833. The molecule has 2 aromatic rings. The van der Waals surface area contributed by atoms with Crippen molar-refractivity contribution in [2.24, 2.45) is 0 Å². The smallest absolute Gasteiger partial charge is 0.266 e. The lowest BCUT2D eigenvalue weighted by atomic mass is 10.3. The van der Waals surface area contributed by atoms with Gasteiger partial charge in [-0.25, -0.2) is 13.4 Å². The summed E-state index contributed by atoms with van der Waals surface area (Å²) in [4.78, 5) is 6.50. The maximum Gasteiger partial charge on any atom is 0.266 e. The Hall–Kier alpha value is -2.48. The lowest BCUT2D eigenvalue weighted by Gasteiger charge is -2.23. The van der Waals surface area contributed by atoms with Gasteiger partial charge in [-0.15, -0.1) is 0 Å². The van der Waals surface area contributed by atoms with Crippen LogP contribution < -0.4 is 19.1 Å². The number of hydrogen-bond donors (Lipinski definition) is 1. The van der Waals surface area contributed by atoms with E-state index in [4.69, 9.17) is 9.47 Å². The number of aromatic nitrogens is 1. The van der Waals surface area contributed by atoms with E-state index in [0.717, 1.165) is 31.6 Å². The van der Waals surface area contributed by atoms with Crippen molar-refractivity contribution in [2.45, 2.75) is 31.6 Å². The van der Waals surface area contributed by atoms with E-state index in [1.165, 1.54) is 20.3 Å². The summed E-state index contributed by atoms with van der Waals surface area (Å²) < 4.78 is 38.3. The van der Waals surface area contributed by atoms with Gasteiger partial charge >= 0.3 is 0 Å². The number of nitrogens with one attached hydrogen (secondary N) is 1. The number of benzene rings is 1. The van der Waals surface area contributed by atoms with Crippen LogP contribution in [-0.4, -0.2) is 40.7 Å². The van der Waals surface area contributed by atoms with Gasteiger partial charge in [-0.1, -0.05) is 13.8 Å². The minimum absolute atomic E-state index is 0.00572. The zero-order chi connectivity index (χ0) is 19.9. The van der Waals surface area contributed by atoms with Gasteiger partial charge in [0.05, 0.1) is 26.1 Å². The molecular weight excluding hydrogens is 366 g/mol. The summed E-state index contributed by atoms with van der Waals surface area (Å²) in [7, 11) is -0.976. The first kappa shape index (κ1) is 20.8. The first-order chi connectivity index (χ1) is 12.9. The second-order valence-corrected chi connectivity index (χ2v) is 7.66. The molecule has 0 amide bonds. The van der Waals surface area contributed by atoms with E-state index < -0.39 is 10.0 Å². The van der Waals surface area contributed by atoms with Gasteiger partial charge in [-0.05, 0) is 37.1 Å². The average Bonchev–Trinajstić information content (AvgIpc) is 2.67. The summed E-state index contributed by atoms with van der Waals surface area (Å²) in [6.45, 7) is 6.11. The minimum Gasteiger partial charge on any atom is -0.497 e. The van der Waals surface area contributed by atoms with Crippen molar-refractivity contribution in [3.63, 3.8) is 0 Å². The molecule has 0 aliphatic heterocycles. The molecule has 0 spiro atoms. The predicted molar refractivity (Wildman–Crippen MR) is 107 cm³/mol. The van der Waals surface area contributed by atoms with Crippen molar-refractivity contribution in [3.05, 3.63) is 36.5 Å². The SMILES string of the molecule is CCCN(CCC)c1ccc(NS(=O)(=O)c2cc(OC)ccc2OC)nc1. The Morgan fingerprint density at radius 1 is 1.04 bits per heavy atom. The molecule has 0 atom stereocenters. The van der Waals surface area contributed by atoms with Crippen LogP contribution in [0.2, 0.25) is 0 Å². The number of ether oxygens (including phenoxy) is 2. The summed E-state index contributed by atoms with van der Waals surface area (Å²) in [5.74, 6) is 0.905. The van der Waals surface area contributed by atoms with Crippen LogP contribution in [0.3, 0.4) is 0 Å². The third kappa shape index (κ3) is 5.26. The van der Waals surface area contributed by atoms with Gasteiger partial charge in [0.1, 0.15) is 22.2 Å². The van der Waals surface area contributed by atoms with Gasteiger partial charge < -0.3 is 14.4 Å². The zero-order valence-electron chi connectivity index (χ0n) is 16.2. The molecule has 0 unspecified atom stereocenters. The molecule has 1 aromatic heterocycles. The van der Waals surface area contributed by atoms with Crippen LogP contribution in [0, 0.1) is 0 Å². The fourth-order valence-corrected chi connectivity index (χ4v) is 3.92. The lowest BCUT2D eigenvalue weighted by Crippen LogP contribution is -2.25. The number of pyridine rings is 1. The van der Waals surface area contributed by atoms with Crippen molar-refractivity contribution in [2.75, 3.05) is 36.9 Å². The zero-order valence-corrected chi connectivity index (χ0v) is 17.0. The lowest BCUT2D eigenvalue weighted by molar-refractivity contribution is 0.392. The van der Waals surface area contributed by atoms with Crippen molar-refractivity contribution < 1.29 is 17.9 Å². The third-order valence-corrected chi connectivity index (χ3v) is 5.38. The van der Waals surface area contributed by atoms with Crippen molar-refractivity contribution >= 4 is 21.5 Å². The number of anilines is 2. The van der Waals surface area contributed by atoms with Crippen LogP contribution in [0.4, 0.5) is 11.5 Å². The number of hydrogen-bond acceptors (Lipinski definition) is 6. The van der Waals surface area contributed by atoms with Crippen LogP contribution in [-0.2, 0) is 10.0 Å². The summed E-state index contributed by atoms with van der Waals surface area (Å²) in [6, 6.07) is 8.15. The van der Waals surface area contributed by atoms with E-state index >= 15 is 0 Å². The normalized spacial score (nSPS) is 11.1. The molecule has 0 bridgehead atoms. The summed E-state index contributed by atoms with van der Waals surface area (Å²) in [6.07, 6.45) is 3.75. The van der Waals surface area contributed by atoms with E-state index in [2.05, 4.69) is 28.5 Å². The maximum atomic E-state index is 12.8. The Morgan fingerprint density at radius 2 is 1.74 bits per heavy atom. The minimum atomic E-state index is -3.87. The van der Waals surface area contributed by atoms with Gasteiger partial charge in [0.15, 0.2) is 0 Å². The second kappa shape index (κ2) is 9.45. The molecule has 2 rings (SSSR count). The molecule has 0 fully saturated rings. The molecule has 8 heteroatoms. The van der Waals surface area contributed by atoms with Gasteiger partial charge in [-0.2, -0.15) is 0 Å². The highest BCUT2D eigenvalue weighted by atomic mass is 32.2. The highest BCUT2D eigenvalue weighted by Gasteiger charge is 2.21. The molecule has 1 N–H and O–H groups in total. The van der Waals surface area contributed by atoms with Crippen LogP contribution in [0.15, 0.2) is 41.4 Å². The fourth-order valence-electron chi connectivity index (χ4n) is 2.73. The summed E-state index contributed by atoms with van der Waals surface area (Å²) >= 11 is 0. The van der Waals surface area contributed by atoms with Crippen LogP contribution in [0.5, 0.6) is 11.5 Å². The van der Waals surface area contributed by atoms with E-state index in [-0.39, 0.29) is 16.5 Å². The van der Waals surface area contributed by atoms with E-state index in [1.54, 1.807) is 24.4 Å². The summed E-state index contributed by atoms with van der Waals surface area (Å²) in [5, 5.41) is 0. The molecular formula is C19H27N3O4S.